The highest BCUT2D eigenvalue weighted by Crippen LogP contribution is 2.18. The van der Waals surface area contributed by atoms with Gasteiger partial charge >= 0.3 is 0 Å². The topological polar surface area (TPSA) is 32.3 Å². The summed E-state index contributed by atoms with van der Waals surface area (Å²) in [5.41, 5.74) is 2.24. The number of anilines is 1. The lowest BCUT2D eigenvalue weighted by atomic mass is 10.1. The van der Waals surface area contributed by atoms with Crippen LogP contribution in [0.1, 0.15) is 38.2 Å². The van der Waals surface area contributed by atoms with Crippen LogP contribution in [0.25, 0.3) is 0 Å². The number of nitrogens with zero attached hydrogens (tertiary/aromatic N) is 1. The van der Waals surface area contributed by atoms with E-state index in [1.165, 1.54) is 18.4 Å². The van der Waals surface area contributed by atoms with Gasteiger partial charge in [-0.25, -0.2) is 0 Å². The fraction of sp³-hybridized carbons (Fsp3) is 0.562. The Hall–Kier alpha value is -1.06. The Morgan fingerprint density at radius 2 is 2.05 bits per heavy atom. The van der Waals surface area contributed by atoms with Gasteiger partial charge in [0, 0.05) is 24.7 Å². The summed E-state index contributed by atoms with van der Waals surface area (Å²) in [5.74, 6) is 0.236. The molecule has 0 aromatic heterocycles. The highest BCUT2D eigenvalue weighted by Gasteiger charge is 2.18. The minimum Gasteiger partial charge on any atom is -0.314 e. The van der Waals surface area contributed by atoms with Crippen molar-refractivity contribution >= 4 is 24.0 Å². The zero-order chi connectivity index (χ0) is 13.7. The van der Waals surface area contributed by atoms with E-state index in [0.717, 1.165) is 25.2 Å². The van der Waals surface area contributed by atoms with Crippen molar-refractivity contribution in [2.45, 2.75) is 45.6 Å². The number of hydrogen-bond donors (Lipinski definition) is 1. The fourth-order valence-electron chi connectivity index (χ4n) is 2.66. The summed E-state index contributed by atoms with van der Waals surface area (Å²) in [5, 5.41) is 3.45. The Kier molecular flexibility index (Phi) is 7.03. The standard InChI is InChI=1S/C16H24N2O.ClH/c1-3-18(15-9-6-13(2)7-10-15)16(19)11-8-14-5-4-12-17-14;/h6-7,9-10,14,17H,3-5,8,11-12H2,1-2H3;1H. The van der Waals surface area contributed by atoms with Gasteiger partial charge in [0.2, 0.25) is 5.91 Å². The Balaban J connectivity index is 0.00000200. The first kappa shape index (κ1) is 17.0. The summed E-state index contributed by atoms with van der Waals surface area (Å²) in [6, 6.07) is 8.73. The van der Waals surface area contributed by atoms with E-state index in [-0.39, 0.29) is 18.3 Å². The van der Waals surface area contributed by atoms with Gasteiger partial charge in [-0.2, -0.15) is 0 Å². The van der Waals surface area contributed by atoms with E-state index in [4.69, 9.17) is 0 Å². The maximum atomic E-state index is 12.3. The number of benzene rings is 1. The summed E-state index contributed by atoms with van der Waals surface area (Å²) in [6.07, 6.45) is 4.05. The van der Waals surface area contributed by atoms with Crippen molar-refractivity contribution in [3.8, 4) is 0 Å². The van der Waals surface area contributed by atoms with Crippen LogP contribution < -0.4 is 10.2 Å². The maximum Gasteiger partial charge on any atom is 0.227 e. The predicted octanol–water partition coefficient (Wildman–Crippen LogP) is 3.30. The molecule has 112 valence electrons. The molecular formula is C16H25ClN2O. The zero-order valence-electron chi connectivity index (χ0n) is 12.4. The van der Waals surface area contributed by atoms with Crippen molar-refractivity contribution in [3.63, 3.8) is 0 Å². The van der Waals surface area contributed by atoms with Gasteiger partial charge in [0.1, 0.15) is 0 Å². The van der Waals surface area contributed by atoms with Gasteiger partial charge in [-0.15, -0.1) is 12.4 Å². The molecule has 20 heavy (non-hydrogen) atoms. The van der Waals surface area contributed by atoms with Gasteiger partial charge in [0.15, 0.2) is 0 Å². The number of nitrogens with one attached hydrogen (secondary N) is 1. The number of carbonyl (C=O) groups is 1. The highest BCUT2D eigenvalue weighted by atomic mass is 35.5. The van der Waals surface area contributed by atoms with Crippen LogP contribution in [0.4, 0.5) is 5.69 Å². The van der Waals surface area contributed by atoms with Crippen LogP contribution in [0, 0.1) is 6.92 Å². The SMILES string of the molecule is CCN(C(=O)CCC1CCCN1)c1ccc(C)cc1.Cl. The molecule has 1 aliphatic heterocycles. The average molecular weight is 297 g/mol. The lowest BCUT2D eigenvalue weighted by molar-refractivity contribution is -0.118. The lowest BCUT2D eigenvalue weighted by Gasteiger charge is -2.22. The van der Waals surface area contributed by atoms with Crippen LogP contribution in [0.2, 0.25) is 0 Å². The van der Waals surface area contributed by atoms with Crippen molar-refractivity contribution in [1.82, 2.24) is 5.32 Å². The van der Waals surface area contributed by atoms with Gasteiger partial charge in [-0.05, 0) is 51.8 Å². The van der Waals surface area contributed by atoms with Gasteiger partial charge in [0.05, 0.1) is 0 Å². The van der Waals surface area contributed by atoms with Crippen molar-refractivity contribution in [1.29, 1.82) is 0 Å². The molecule has 0 radical (unpaired) electrons. The number of aryl methyl sites for hydroxylation is 1. The second kappa shape index (κ2) is 8.28. The van der Waals surface area contributed by atoms with E-state index >= 15 is 0 Å². The predicted molar refractivity (Wildman–Crippen MR) is 86.7 cm³/mol. The second-order valence-electron chi connectivity index (χ2n) is 5.31. The van der Waals surface area contributed by atoms with Gasteiger partial charge in [-0.3, -0.25) is 4.79 Å². The molecule has 0 bridgehead atoms. The minimum atomic E-state index is 0. The minimum absolute atomic E-state index is 0. The molecule has 1 aliphatic rings. The summed E-state index contributed by atoms with van der Waals surface area (Å²) < 4.78 is 0. The molecule has 0 saturated carbocycles. The Bertz CT molecular complexity index is 413. The summed E-state index contributed by atoms with van der Waals surface area (Å²) >= 11 is 0. The van der Waals surface area contributed by atoms with E-state index in [9.17, 15) is 4.79 Å². The van der Waals surface area contributed by atoms with Crippen molar-refractivity contribution in [2.24, 2.45) is 0 Å². The fourth-order valence-corrected chi connectivity index (χ4v) is 2.66. The quantitative estimate of drug-likeness (QED) is 0.904. The molecule has 1 unspecified atom stereocenters. The van der Waals surface area contributed by atoms with Crippen molar-refractivity contribution in [3.05, 3.63) is 29.8 Å². The summed E-state index contributed by atoms with van der Waals surface area (Å²) in [7, 11) is 0. The first-order valence-electron chi connectivity index (χ1n) is 7.31. The van der Waals surface area contributed by atoms with Gasteiger partial charge in [0.25, 0.3) is 0 Å². The van der Waals surface area contributed by atoms with Crippen LogP contribution >= 0.6 is 12.4 Å². The second-order valence-corrected chi connectivity index (χ2v) is 5.31. The number of rotatable bonds is 5. The van der Waals surface area contributed by atoms with Crippen LogP contribution in [-0.2, 0) is 4.79 Å². The Morgan fingerprint density at radius 3 is 2.60 bits per heavy atom. The molecule has 1 N–H and O–H groups in total. The molecule has 2 rings (SSSR count). The molecule has 1 saturated heterocycles. The zero-order valence-corrected chi connectivity index (χ0v) is 13.2. The molecule has 1 aromatic rings. The Morgan fingerprint density at radius 1 is 1.35 bits per heavy atom. The summed E-state index contributed by atoms with van der Waals surface area (Å²) in [4.78, 5) is 14.2. The van der Waals surface area contributed by atoms with Crippen LogP contribution in [0.15, 0.2) is 24.3 Å². The molecule has 1 aromatic carbocycles. The molecular weight excluding hydrogens is 272 g/mol. The number of hydrogen-bond acceptors (Lipinski definition) is 2. The maximum absolute atomic E-state index is 12.3. The van der Waals surface area contributed by atoms with Crippen molar-refractivity contribution in [2.75, 3.05) is 18.0 Å². The molecule has 4 heteroatoms. The van der Waals surface area contributed by atoms with E-state index in [1.807, 2.05) is 24.0 Å². The van der Waals surface area contributed by atoms with Crippen LogP contribution in [0.5, 0.6) is 0 Å². The molecule has 1 fully saturated rings. The molecule has 0 aliphatic carbocycles. The first-order chi connectivity index (χ1) is 9.20. The molecule has 1 heterocycles. The van der Waals surface area contributed by atoms with E-state index < -0.39 is 0 Å². The smallest absolute Gasteiger partial charge is 0.227 e. The van der Waals surface area contributed by atoms with E-state index in [1.54, 1.807) is 0 Å². The van der Waals surface area contributed by atoms with Crippen LogP contribution in [-0.4, -0.2) is 25.0 Å². The number of carbonyl (C=O) groups excluding carboxylic acids is 1. The van der Waals surface area contributed by atoms with Gasteiger partial charge in [-0.1, -0.05) is 17.7 Å². The average Bonchev–Trinajstić information content (AvgIpc) is 2.92. The number of halogens is 1. The van der Waals surface area contributed by atoms with Gasteiger partial charge < -0.3 is 10.2 Å². The lowest BCUT2D eigenvalue weighted by Crippen LogP contribution is -2.32. The monoisotopic (exact) mass is 296 g/mol. The largest absolute Gasteiger partial charge is 0.314 e. The van der Waals surface area contributed by atoms with E-state index in [2.05, 4.69) is 24.4 Å². The molecule has 1 amide bonds. The molecule has 1 atom stereocenters. The third-order valence-electron chi connectivity index (χ3n) is 3.83. The highest BCUT2D eigenvalue weighted by molar-refractivity contribution is 5.93. The first-order valence-corrected chi connectivity index (χ1v) is 7.31. The molecule has 0 spiro atoms. The normalized spacial score (nSPS) is 17.6. The Labute approximate surface area is 128 Å². The van der Waals surface area contributed by atoms with E-state index in [0.29, 0.717) is 12.5 Å². The third-order valence-corrected chi connectivity index (χ3v) is 3.83. The van der Waals surface area contributed by atoms with Crippen LogP contribution in [0.3, 0.4) is 0 Å². The third kappa shape index (κ3) is 4.50. The summed E-state index contributed by atoms with van der Waals surface area (Å²) in [6.45, 7) is 5.94. The van der Waals surface area contributed by atoms with Crippen molar-refractivity contribution < 1.29 is 4.79 Å². The number of amides is 1. The molecule has 3 nitrogen and oxygen atoms in total.